The van der Waals surface area contributed by atoms with E-state index in [1.54, 1.807) is 12.1 Å². The van der Waals surface area contributed by atoms with E-state index >= 15 is 0 Å². The standard InChI is InChI=1S/C20H22ClNO4/c1-14(22-8-10-25-11-9-22)15-2-4-16(5-3-15)17-6-7-19(18(21)12-17)26-13-20(23)24/h2-7,12,14H,8-11,13H2,1H3,(H,23,24). The average molecular weight is 376 g/mol. The molecule has 3 rings (SSSR count). The number of carboxylic acid groups (broad SMARTS) is 1. The third kappa shape index (κ3) is 4.55. The Morgan fingerprint density at radius 1 is 1.19 bits per heavy atom. The van der Waals surface area contributed by atoms with Gasteiger partial charge in [0.15, 0.2) is 6.61 Å². The van der Waals surface area contributed by atoms with Crippen LogP contribution in [0.4, 0.5) is 0 Å². The van der Waals surface area contributed by atoms with Gasteiger partial charge in [-0.25, -0.2) is 4.79 Å². The number of halogens is 1. The van der Waals surface area contributed by atoms with E-state index in [-0.39, 0.29) is 0 Å². The summed E-state index contributed by atoms with van der Waals surface area (Å²) in [6, 6.07) is 14.2. The molecule has 1 aliphatic heterocycles. The number of rotatable bonds is 6. The Hall–Kier alpha value is -2.08. The number of carboxylic acids is 1. The van der Waals surface area contributed by atoms with Crippen LogP contribution in [-0.4, -0.2) is 48.9 Å². The minimum Gasteiger partial charge on any atom is -0.480 e. The van der Waals surface area contributed by atoms with E-state index in [1.165, 1.54) is 5.56 Å². The number of aliphatic carboxylic acids is 1. The van der Waals surface area contributed by atoms with Crippen LogP contribution in [0.2, 0.25) is 5.02 Å². The maximum Gasteiger partial charge on any atom is 0.341 e. The van der Waals surface area contributed by atoms with Crippen LogP contribution in [-0.2, 0) is 9.53 Å². The van der Waals surface area contributed by atoms with Gasteiger partial charge in [-0.3, -0.25) is 4.90 Å². The number of carbonyl (C=O) groups is 1. The van der Waals surface area contributed by atoms with E-state index < -0.39 is 12.6 Å². The molecule has 0 aromatic heterocycles. The minimum absolute atomic E-state index is 0.350. The van der Waals surface area contributed by atoms with Crippen molar-refractivity contribution in [2.75, 3.05) is 32.9 Å². The number of hydrogen-bond donors (Lipinski definition) is 1. The molecule has 1 heterocycles. The monoisotopic (exact) mass is 375 g/mol. The number of nitrogens with zero attached hydrogens (tertiary/aromatic N) is 1. The summed E-state index contributed by atoms with van der Waals surface area (Å²) in [4.78, 5) is 13.0. The molecular formula is C20H22ClNO4. The van der Waals surface area contributed by atoms with E-state index in [1.807, 2.05) is 6.07 Å². The van der Waals surface area contributed by atoms with Gasteiger partial charge in [0.1, 0.15) is 5.75 Å². The van der Waals surface area contributed by atoms with Gasteiger partial charge in [0.05, 0.1) is 18.2 Å². The molecule has 2 aromatic carbocycles. The van der Waals surface area contributed by atoms with Crippen LogP contribution >= 0.6 is 11.6 Å². The lowest BCUT2D eigenvalue weighted by Crippen LogP contribution is -2.37. The van der Waals surface area contributed by atoms with Gasteiger partial charge in [0.25, 0.3) is 0 Å². The van der Waals surface area contributed by atoms with Crippen LogP contribution in [0.3, 0.4) is 0 Å². The maximum absolute atomic E-state index is 10.6. The summed E-state index contributed by atoms with van der Waals surface area (Å²) in [6.07, 6.45) is 0. The first-order valence-corrected chi connectivity index (χ1v) is 8.98. The van der Waals surface area contributed by atoms with Crippen LogP contribution < -0.4 is 4.74 Å². The van der Waals surface area contributed by atoms with E-state index in [4.69, 9.17) is 26.2 Å². The lowest BCUT2D eigenvalue weighted by molar-refractivity contribution is -0.139. The van der Waals surface area contributed by atoms with Crippen molar-refractivity contribution in [3.63, 3.8) is 0 Å². The van der Waals surface area contributed by atoms with Gasteiger partial charge >= 0.3 is 5.97 Å². The molecule has 5 nitrogen and oxygen atoms in total. The molecule has 1 N–H and O–H groups in total. The van der Waals surface area contributed by atoms with Crippen LogP contribution in [0.1, 0.15) is 18.5 Å². The molecule has 1 aliphatic rings. The highest BCUT2D eigenvalue weighted by Gasteiger charge is 2.18. The molecule has 1 saturated heterocycles. The summed E-state index contributed by atoms with van der Waals surface area (Å²) >= 11 is 6.21. The van der Waals surface area contributed by atoms with E-state index in [2.05, 4.69) is 36.1 Å². The Bertz CT molecular complexity index is 757. The Balaban J connectivity index is 1.71. The van der Waals surface area contributed by atoms with Crippen molar-refractivity contribution >= 4 is 17.6 Å². The molecule has 6 heteroatoms. The van der Waals surface area contributed by atoms with E-state index in [0.717, 1.165) is 37.4 Å². The predicted molar refractivity (Wildman–Crippen MR) is 101 cm³/mol. The second-order valence-electron chi connectivity index (χ2n) is 6.27. The molecule has 0 amide bonds. The Labute approximate surface area is 158 Å². The van der Waals surface area contributed by atoms with E-state index in [9.17, 15) is 4.79 Å². The van der Waals surface area contributed by atoms with E-state index in [0.29, 0.717) is 16.8 Å². The van der Waals surface area contributed by atoms with Crippen molar-refractivity contribution in [2.24, 2.45) is 0 Å². The largest absolute Gasteiger partial charge is 0.480 e. The molecule has 1 unspecified atom stereocenters. The second kappa shape index (κ2) is 8.54. The molecule has 26 heavy (non-hydrogen) atoms. The normalized spacial score (nSPS) is 16.2. The summed E-state index contributed by atoms with van der Waals surface area (Å²) < 4.78 is 10.6. The lowest BCUT2D eigenvalue weighted by Gasteiger charge is -2.32. The van der Waals surface area contributed by atoms with Gasteiger partial charge in [-0.2, -0.15) is 0 Å². The molecule has 0 spiro atoms. The molecule has 0 saturated carbocycles. The molecular weight excluding hydrogens is 354 g/mol. The van der Waals surface area contributed by atoms with Gasteiger partial charge in [-0.1, -0.05) is 41.9 Å². The van der Waals surface area contributed by atoms with Gasteiger partial charge in [0, 0.05) is 19.1 Å². The summed E-state index contributed by atoms with van der Waals surface area (Å²) in [5.74, 6) is -0.662. The summed E-state index contributed by atoms with van der Waals surface area (Å²) in [7, 11) is 0. The number of hydrogen-bond acceptors (Lipinski definition) is 4. The minimum atomic E-state index is -1.03. The third-order valence-electron chi connectivity index (χ3n) is 4.60. The van der Waals surface area contributed by atoms with Crippen molar-refractivity contribution in [3.8, 4) is 16.9 Å². The molecule has 0 bridgehead atoms. The first-order valence-electron chi connectivity index (χ1n) is 8.61. The maximum atomic E-state index is 10.6. The van der Waals surface area contributed by atoms with Crippen LogP contribution in [0.5, 0.6) is 5.75 Å². The Morgan fingerprint density at radius 3 is 2.46 bits per heavy atom. The summed E-state index contributed by atoms with van der Waals surface area (Å²) in [5.41, 5.74) is 3.28. The lowest BCUT2D eigenvalue weighted by atomic mass is 10.0. The van der Waals surface area contributed by atoms with Crippen molar-refractivity contribution in [3.05, 3.63) is 53.1 Å². The van der Waals surface area contributed by atoms with Crippen LogP contribution in [0.15, 0.2) is 42.5 Å². The van der Waals surface area contributed by atoms with Crippen molar-refractivity contribution in [2.45, 2.75) is 13.0 Å². The smallest absolute Gasteiger partial charge is 0.341 e. The quantitative estimate of drug-likeness (QED) is 0.830. The molecule has 1 fully saturated rings. The van der Waals surface area contributed by atoms with Gasteiger partial charge < -0.3 is 14.6 Å². The summed E-state index contributed by atoms with van der Waals surface area (Å²) in [6.45, 7) is 5.29. The SMILES string of the molecule is CC(c1ccc(-c2ccc(OCC(=O)O)c(Cl)c2)cc1)N1CCOCC1. The average Bonchev–Trinajstić information content (AvgIpc) is 2.67. The summed E-state index contributed by atoms with van der Waals surface area (Å²) in [5, 5.41) is 9.08. The molecule has 0 radical (unpaired) electrons. The van der Waals surface area contributed by atoms with Crippen molar-refractivity contribution in [1.29, 1.82) is 0 Å². The fourth-order valence-electron chi connectivity index (χ4n) is 3.07. The molecule has 2 aromatic rings. The van der Waals surface area contributed by atoms with Gasteiger partial charge in [-0.15, -0.1) is 0 Å². The van der Waals surface area contributed by atoms with Gasteiger partial charge in [-0.05, 0) is 35.7 Å². The number of morpholine rings is 1. The number of benzene rings is 2. The zero-order valence-corrected chi connectivity index (χ0v) is 15.4. The highest BCUT2D eigenvalue weighted by molar-refractivity contribution is 6.32. The zero-order valence-electron chi connectivity index (χ0n) is 14.7. The third-order valence-corrected chi connectivity index (χ3v) is 4.90. The molecule has 138 valence electrons. The topological polar surface area (TPSA) is 59.0 Å². The van der Waals surface area contributed by atoms with Gasteiger partial charge in [0.2, 0.25) is 0 Å². The number of ether oxygens (including phenoxy) is 2. The Kier molecular flexibility index (Phi) is 6.14. The van der Waals surface area contributed by atoms with Crippen LogP contribution in [0, 0.1) is 0 Å². The van der Waals surface area contributed by atoms with Crippen molar-refractivity contribution < 1.29 is 19.4 Å². The highest BCUT2D eigenvalue weighted by atomic mass is 35.5. The highest BCUT2D eigenvalue weighted by Crippen LogP contribution is 2.31. The first kappa shape index (κ1) is 18.7. The molecule has 1 atom stereocenters. The second-order valence-corrected chi connectivity index (χ2v) is 6.68. The fraction of sp³-hybridized carbons (Fsp3) is 0.350. The zero-order chi connectivity index (χ0) is 18.5. The fourth-order valence-corrected chi connectivity index (χ4v) is 3.30. The predicted octanol–water partition coefficient (Wildman–Crippen LogP) is 3.86. The van der Waals surface area contributed by atoms with Crippen molar-refractivity contribution in [1.82, 2.24) is 4.90 Å². The first-order chi connectivity index (χ1) is 12.5. The Morgan fingerprint density at radius 2 is 1.85 bits per heavy atom. The molecule has 0 aliphatic carbocycles. The van der Waals surface area contributed by atoms with Crippen LogP contribution in [0.25, 0.3) is 11.1 Å².